The van der Waals surface area contributed by atoms with Crippen LogP contribution in [0.5, 0.6) is 0 Å². The molecule has 2 fully saturated rings. The van der Waals surface area contributed by atoms with Crippen LogP contribution in [0.2, 0.25) is 5.02 Å². The van der Waals surface area contributed by atoms with E-state index < -0.39 is 17.8 Å². The number of ether oxygens (including phenoxy) is 1. The number of amidine groups is 1. The number of nitrogens with one attached hydrogen (secondary N) is 2. The average Bonchev–Trinajstić information content (AvgIpc) is 3.86. The van der Waals surface area contributed by atoms with Crippen LogP contribution in [-0.2, 0) is 22.4 Å². The van der Waals surface area contributed by atoms with Gasteiger partial charge in [0.25, 0.3) is 0 Å². The number of aryl methyl sites for hydroxylation is 2. The third kappa shape index (κ3) is 6.33. The van der Waals surface area contributed by atoms with E-state index in [4.69, 9.17) is 21.3 Å². The fraction of sp³-hybridized carbons (Fsp3) is 0.323. The Hall–Kier alpha value is -4.73. The van der Waals surface area contributed by atoms with Crippen LogP contribution in [0.15, 0.2) is 70.3 Å². The summed E-state index contributed by atoms with van der Waals surface area (Å²) in [5.74, 6) is 0.0794. The molecule has 2 aromatic heterocycles. The number of hydrogen-bond donors (Lipinski definition) is 2. The Kier molecular flexibility index (Phi) is 8.66. The van der Waals surface area contributed by atoms with Crippen molar-refractivity contribution in [3.05, 3.63) is 98.1 Å². The number of tetrazole rings is 1. The van der Waals surface area contributed by atoms with Crippen molar-refractivity contribution >= 4 is 46.5 Å². The molecule has 3 aliphatic rings. The first-order valence-corrected chi connectivity index (χ1v) is 16.3. The normalized spacial score (nSPS) is 19.9. The number of nitrogens with zero attached hydrogens (tertiary/aromatic N) is 8. The zero-order valence-corrected chi connectivity index (χ0v) is 26.8. The summed E-state index contributed by atoms with van der Waals surface area (Å²) in [6.07, 6.45) is 3.11. The van der Waals surface area contributed by atoms with Gasteiger partial charge in [-0.25, -0.2) is 19.0 Å². The predicted octanol–water partition coefficient (Wildman–Crippen LogP) is 3.38. The molecule has 2 atom stereocenters. The zero-order chi connectivity index (χ0) is 32.5. The summed E-state index contributed by atoms with van der Waals surface area (Å²) in [7, 11) is 1.31. The van der Waals surface area contributed by atoms with Gasteiger partial charge in [0.15, 0.2) is 16.7 Å². The van der Waals surface area contributed by atoms with Crippen molar-refractivity contribution in [2.45, 2.75) is 24.9 Å². The van der Waals surface area contributed by atoms with Crippen molar-refractivity contribution in [1.82, 2.24) is 40.7 Å². The molecule has 13 nitrogen and oxygen atoms in total. The SMILES string of the molecule is COC(=O)C1=C(CN2CCN3C(=O)N(c4ccc(CCc5nn[nH]n5)cc4)C[C@@H]3C2)NC(c2nccs2)=N[C@H]1c1ccc(F)cc1Cl. The van der Waals surface area contributed by atoms with Gasteiger partial charge < -0.3 is 15.0 Å². The van der Waals surface area contributed by atoms with E-state index in [-0.39, 0.29) is 22.7 Å². The molecule has 0 unspecified atom stereocenters. The van der Waals surface area contributed by atoms with E-state index in [0.29, 0.717) is 67.1 Å². The van der Waals surface area contributed by atoms with Crippen molar-refractivity contribution in [2.75, 3.05) is 44.7 Å². The largest absolute Gasteiger partial charge is 0.466 e. The van der Waals surface area contributed by atoms with Crippen molar-refractivity contribution in [2.24, 2.45) is 4.99 Å². The molecule has 4 aromatic rings. The molecule has 2 N–H and O–H groups in total. The summed E-state index contributed by atoms with van der Waals surface area (Å²) < 4.78 is 19.2. The molecule has 3 aliphatic heterocycles. The third-order valence-corrected chi connectivity index (χ3v) is 9.62. The number of aromatic amines is 1. The molecule has 47 heavy (non-hydrogen) atoms. The molecule has 0 aliphatic carbocycles. The van der Waals surface area contributed by atoms with Crippen LogP contribution in [-0.4, -0.2) is 99.1 Å². The van der Waals surface area contributed by atoms with Gasteiger partial charge in [0, 0.05) is 72.7 Å². The lowest BCUT2D eigenvalue weighted by Crippen LogP contribution is -2.53. The van der Waals surface area contributed by atoms with Gasteiger partial charge in [0.1, 0.15) is 11.9 Å². The Morgan fingerprint density at radius 3 is 2.72 bits per heavy atom. The molecule has 5 heterocycles. The van der Waals surface area contributed by atoms with Crippen LogP contribution in [0.4, 0.5) is 14.9 Å². The highest BCUT2D eigenvalue weighted by molar-refractivity contribution is 7.11. The van der Waals surface area contributed by atoms with Crippen molar-refractivity contribution in [1.29, 1.82) is 0 Å². The number of hydrogen-bond acceptors (Lipinski definition) is 11. The monoisotopic (exact) mass is 676 g/mol. The van der Waals surface area contributed by atoms with Gasteiger partial charge in [-0.1, -0.05) is 35.0 Å². The lowest BCUT2D eigenvalue weighted by Gasteiger charge is -2.38. The molecule has 0 spiro atoms. The Bertz CT molecular complexity index is 1830. The second-order valence-electron chi connectivity index (χ2n) is 11.4. The number of carbonyl (C=O) groups is 2. The minimum Gasteiger partial charge on any atom is -0.466 e. The molecular formula is C31H30ClFN10O3S. The predicted molar refractivity (Wildman–Crippen MR) is 173 cm³/mol. The van der Waals surface area contributed by atoms with Crippen LogP contribution in [0.3, 0.4) is 0 Å². The molecular weight excluding hydrogens is 647 g/mol. The highest BCUT2D eigenvalue weighted by Gasteiger charge is 2.42. The molecule has 2 aromatic carbocycles. The molecule has 0 radical (unpaired) electrons. The first-order valence-electron chi connectivity index (χ1n) is 15.0. The molecule has 2 saturated heterocycles. The van der Waals surface area contributed by atoms with Gasteiger partial charge in [-0.2, -0.15) is 5.21 Å². The van der Waals surface area contributed by atoms with E-state index >= 15 is 0 Å². The lowest BCUT2D eigenvalue weighted by atomic mass is 9.95. The number of carbonyl (C=O) groups excluding carboxylic acids is 2. The molecule has 2 amide bonds. The number of aliphatic imine (C=N–C) groups is 1. The third-order valence-electron chi connectivity index (χ3n) is 8.52. The Morgan fingerprint density at radius 1 is 1.15 bits per heavy atom. The van der Waals surface area contributed by atoms with E-state index in [1.54, 1.807) is 6.20 Å². The number of benzene rings is 2. The van der Waals surface area contributed by atoms with Crippen molar-refractivity contribution in [3.63, 3.8) is 0 Å². The molecule has 16 heteroatoms. The number of H-pyrrole nitrogens is 1. The van der Waals surface area contributed by atoms with Crippen LogP contribution in [0.1, 0.15) is 28.0 Å². The van der Waals surface area contributed by atoms with Gasteiger partial charge >= 0.3 is 12.0 Å². The maximum Gasteiger partial charge on any atom is 0.338 e. The summed E-state index contributed by atoms with van der Waals surface area (Å²) in [5.41, 5.74) is 3.31. The van der Waals surface area contributed by atoms with Gasteiger partial charge in [-0.05, 0) is 36.2 Å². The highest BCUT2D eigenvalue weighted by atomic mass is 35.5. The standard InChI is InChI=1S/C31H30ClFN10O3S/c1-46-30(44)26-24(35-28(29-34-10-13-47-29)36-27(26)22-8-5-19(33)14-23(22)32)17-41-11-12-42-21(15-41)16-43(31(42)45)20-6-2-18(3-7-20)4-9-25-37-39-40-38-25/h2-3,5-8,10,13-14,21,27H,4,9,11-12,15-17H2,1H3,(H,35,36)(H,37,38,39,40)/t21-,27-/m0/s1. The van der Waals surface area contributed by atoms with Crippen LogP contribution in [0, 0.1) is 5.82 Å². The number of halogens is 2. The van der Waals surface area contributed by atoms with Gasteiger partial charge in [0.2, 0.25) is 0 Å². The van der Waals surface area contributed by atoms with Gasteiger partial charge in [-0.3, -0.25) is 14.8 Å². The summed E-state index contributed by atoms with van der Waals surface area (Å²) >= 11 is 7.90. The number of thiazole rings is 1. The van der Waals surface area contributed by atoms with E-state index in [9.17, 15) is 14.0 Å². The molecule has 0 bridgehead atoms. The first kappa shape index (κ1) is 30.9. The molecule has 242 valence electrons. The smallest absolute Gasteiger partial charge is 0.338 e. The first-order chi connectivity index (χ1) is 22.9. The lowest BCUT2D eigenvalue weighted by molar-refractivity contribution is -0.136. The number of methoxy groups -OCH3 is 1. The van der Waals surface area contributed by atoms with E-state index in [2.05, 4.69) is 35.8 Å². The number of amides is 2. The van der Waals surface area contributed by atoms with Gasteiger partial charge in [0.05, 0.1) is 18.7 Å². The van der Waals surface area contributed by atoms with E-state index in [1.807, 2.05) is 39.4 Å². The molecule has 7 rings (SSSR count). The minimum atomic E-state index is -0.842. The number of esters is 1. The Morgan fingerprint density at radius 2 is 2.00 bits per heavy atom. The fourth-order valence-electron chi connectivity index (χ4n) is 6.21. The molecule has 0 saturated carbocycles. The Balaban J connectivity index is 1.10. The number of anilines is 1. The van der Waals surface area contributed by atoms with Crippen LogP contribution >= 0.6 is 22.9 Å². The second kappa shape index (κ2) is 13.2. The number of aromatic nitrogens is 5. The van der Waals surface area contributed by atoms with Crippen LogP contribution in [0.25, 0.3) is 0 Å². The van der Waals surface area contributed by atoms with Crippen molar-refractivity contribution in [3.8, 4) is 0 Å². The topological polar surface area (TPSA) is 145 Å². The zero-order valence-electron chi connectivity index (χ0n) is 25.3. The Labute approximate surface area is 278 Å². The summed E-state index contributed by atoms with van der Waals surface area (Å²) in [5, 5.41) is 20.0. The maximum absolute atomic E-state index is 14.0. The highest BCUT2D eigenvalue weighted by Crippen LogP contribution is 2.37. The fourth-order valence-corrected chi connectivity index (χ4v) is 7.07. The minimum absolute atomic E-state index is 0.0244. The van der Waals surface area contributed by atoms with E-state index in [1.165, 1.54) is 36.6 Å². The number of urea groups is 1. The quantitative estimate of drug-likeness (QED) is 0.255. The average molecular weight is 677 g/mol. The summed E-state index contributed by atoms with van der Waals surface area (Å²) in [6.45, 7) is 2.61. The number of rotatable bonds is 9. The van der Waals surface area contributed by atoms with Crippen LogP contribution < -0.4 is 10.2 Å². The second-order valence-corrected chi connectivity index (χ2v) is 12.7. The van der Waals surface area contributed by atoms with E-state index in [0.717, 1.165) is 17.7 Å². The maximum atomic E-state index is 14.0. The summed E-state index contributed by atoms with van der Waals surface area (Å²) in [4.78, 5) is 42.0. The number of fused-ring (bicyclic) bond motifs is 1. The van der Waals surface area contributed by atoms with Crippen molar-refractivity contribution < 1.29 is 18.7 Å². The number of piperazine rings is 1. The summed E-state index contributed by atoms with van der Waals surface area (Å²) in [6, 6.07) is 11.1. The van der Waals surface area contributed by atoms with Gasteiger partial charge in [-0.15, -0.1) is 21.5 Å².